The molecule has 0 aliphatic rings. The lowest BCUT2D eigenvalue weighted by Gasteiger charge is -2.11. The summed E-state index contributed by atoms with van der Waals surface area (Å²) in [5, 5.41) is 0. The Hall–Kier alpha value is -2.20. The Kier molecular flexibility index (Phi) is 3.24. The number of hydrogen-bond acceptors (Lipinski definition) is 3. The second kappa shape index (κ2) is 5.06. The van der Waals surface area contributed by atoms with Gasteiger partial charge < -0.3 is 10.3 Å². The van der Waals surface area contributed by atoms with Crippen molar-refractivity contribution in [3.63, 3.8) is 0 Å². The van der Waals surface area contributed by atoms with Crippen LogP contribution in [0.1, 0.15) is 23.1 Å². The van der Waals surface area contributed by atoms with Gasteiger partial charge in [-0.3, -0.25) is 4.98 Å². The van der Waals surface area contributed by atoms with Crippen LogP contribution in [0.5, 0.6) is 0 Å². The van der Waals surface area contributed by atoms with Crippen molar-refractivity contribution in [2.75, 3.05) is 0 Å². The molecule has 20 heavy (non-hydrogen) atoms. The molecule has 0 aliphatic heterocycles. The van der Waals surface area contributed by atoms with Crippen LogP contribution in [-0.4, -0.2) is 14.5 Å². The average Bonchev–Trinajstić information content (AvgIpc) is 2.77. The zero-order valence-electron chi connectivity index (χ0n) is 11.7. The maximum atomic E-state index is 6.27. The van der Waals surface area contributed by atoms with E-state index in [1.165, 1.54) is 0 Å². The molecule has 0 saturated carbocycles. The number of imidazole rings is 1. The summed E-state index contributed by atoms with van der Waals surface area (Å²) >= 11 is 0. The maximum Gasteiger partial charge on any atom is 0.111 e. The number of benzene rings is 1. The third-order valence-electron chi connectivity index (χ3n) is 3.64. The summed E-state index contributed by atoms with van der Waals surface area (Å²) in [6, 6.07) is 12.1. The summed E-state index contributed by atoms with van der Waals surface area (Å²) in [6.07, 6.45) is 2.55. The standard InChI is InChI=1S/C16H18N4/c1-11-7-8-12(10-18-11)13(17)9-16-19-14-5-3-4-6-15(14)20(16)2/h3-8,10,13H,9,17H2,1-2H3. The third-order valence-corrected chi connectivity index (χ3v) is 3.64. The Labute approximate surface area is 118 Å². The first-order valence-electron chi connectivity index (χ1n) is 6.73. The monoisotopic (exact) mass is 266 g/mol. The van der Waals surface area contributed by atoms with Crippen LogP contribution in [0.15, 0.2) is 42.6 Å². The second-order valence-corrected chi connectivity index (χ2v) is 5.12. The van der Waals surface area contributed by atoms with Crippen molar-refractivity contribution >= 4 is 11.0 Å². The van der Waals surface area contributed by atoms with Crippen molar-refractivity contribution < 1.29 is 0 Å². The number of fused-ring (bicyclic) bond motifs is 1. The second-order valence-electron chi connectivity index (χ2n) is 5.12. The fourth-order valence-electron chi connectivity index (χ4n) is 2.39. The Balaban J connectivity index is 1.89. The van der Waals surface area contributed by atoms with E-state index in [4.69, 9.17) is 5.73 Å². The van der Waals surface area contributed by atoms with Gasteiger partial charge in [-0.15, -0.1) is 0 Å². The van der Waals surface area contributed by atoms with Crippen molar-refractivity contribution in [3.05, 3.63) is 59.7 Å². The minimum Gasteiger partial charge on any atom is -0.331 e. The minimum atomic E-state index is -0.0846. The molecule has 1 atom stereocenters. The highest BCUT2D eigenvalue weighted by Crippen LogP contribution is 2.19. The van der Waals surface area contributed by atoms with Gasteiger partial charge in [0.1, 0.15) is 5.82 Å². The van der Waals surface area contributed by atoms with Gasteiger partial charge in [-0.05, 0) is 30.7 Å². The molecule has 1 unspecified atom stereocenters. The average molecular weight is 266 g/mol. The summed E-state index contributed by atoms with van der Waals surface area (Å²) in [5.74, 6) is 0.999. The lowest BCUT2D eigenvalue weighted by molar-refractivity contribution is 0.662. The van der Waals surface area contributed by atoms with E-state index >= 15 is 0 Å². The maximum absolute atomic E-state index is 6.27. The topological polar surface area (TPSA) is 56.7 Å². The Morgan fingerprint density at radius 2 is 2.00 bits per heavy atom. The molecule has 0 aliphatic carbocycles. The van der Waals surface area contributed by atoms with E-state index in [1.54, 1.807) is 0 Å². The Bertz CT molecular complexity index is 728. The van der Waals surface area contributed by atoms with Crippen molar-refractivity contribution in [3.8, 4) is 0 Å². The molecule has 102 valence electrons. The summed E-state index contributed by atoms with van der Waals surface area (Å²) < 4.78 is 2.11. The lowest BCUT2D eigenvalue weighted by Crippen LogP contribution is -2.16. The van der Waals surface area contributed by atoms with Crippen molar-refractivity contribution in [1.82, 2.24) is 14.5 Å². The summed E-state index contributed by atoms with van der Waals surface area (Å²) in [4.78, 5) is 8.96. The first kappa shape index (κ1) is 12.8. The van der Waals surface area contributed by atoms with E-state index < -0.39 is 0 Å². The van der Waals surface area contributed by atoms with Crippen LogP contribution in [0.25, 0.3) is 11.0 Å². The molecule has 4 heteroatoms. The van der Waals surface area contributed by atoms with Crippen LogP contribution in [0, 0.1) is 6.92 Å². The van der Waals surface area contributed by atoms with E-state index in [2.05, 4.69) is 20.6 Å². The van der Waals surface area contributed by atoms with Crippen molar-refractivity contribution in [2.45, 2.75) is 19.4 Å². The molecule has 1 aromatic carbocycles. The number of pyridine rings is 1. The predicted molar refractivity (Wildman–Crippen MR) is 80.3 cm³/mol. The van der Waals surface area contributed by atoms with Gasteiger partial charge >= 0.3 is 0 Å². The Morgan fingerprint density at radius 1 is 1.20 bits per heavy atom. The lowest BCUT2D eigenvalue weighted by atomic mass is 10.1. The number of para-hydroxylation sites is 2. The van der Waals surface area contributed by atoms with Crippen LogP contribution in [0.3, 0.4) is 0 Å². The van der Waals surface area contributed by atoms with Crippen LogP contribution in [-0.2, 0) is 13.5 Å². The minimum absolute atomic E-state index is 0.0846. The van der Waals surface area contributed by atoms with Crippen LogP contribution >= 0.6 is 0 Å². The van der Waals surface area contributed by atoms with Gasteiger partial charge in [0.15, 0.2) is 0 Å². The molecule has 0 saturated heterocycles. The molecule has 0 bridgehead atoms. The predicted octanol–water partition coefficient (Wildman–Crippen LogP) is 2.52. The van der Waals surface area contributed by atoms with Gasteiger partial charge in [-0.25, -0.2) is 4.98 Å². The number of rotatable bonds is 3. The molecule has 2 N–H and O–H groups in total. The van der Waals surface area contributed by atoms with E-state index in [0.717, 1.165) is 28.1 Å². The van der Waals surface area contributed by atoms with Crippen LogP contribution < -0.4 is 5.73 Å². The fourth-order valence-corrected chi connectivity index (χ4v) is 2.39. The van der Waals surface area contributed by atoms with Gasteiger partial charge in [0, 0.05) is 31.4 Å². The number of aryl methyl sites for hydroxylation is 2. The first-order valence-corrected chi connectivity index (χ1v) is 6.73. The molecule has 3 rings (SSSR count). The number of aromatic nitrogens is 3. The van der Waals surface area contributed by atoms with Gasteiger partial charge in [-0.1, -0.05) is 18.2 Å². The molecule has 2 aromatic heterocycles. The first-order chi connectivity index (χ1) is 9.65. The van der Waals surface area contributed by atoms with Crippen LogP contribution in [0.4, 0.5) is 0 Å². The molecule has 0 radical (unpaired) electrons. The number of hydrogen-bond donors (Lipinski definition) is 1. The van der Waals surface area contributed by atoms with E-state index in [0.29, 0.717) is 6.42 Å². The summed E-state index contributed by atoms with van der Waals surface area (Å²) in [6.45, 7) is 1.97. The molecule has 3 aromatic rings. The van der Waals surface area contributed by atoms with Gasteiger partial charge in [0.2, 0.25) is 0 Å². The largest absolute Gasteiger partial charge is 0.331 e. The SMILES string of the molecule is Cc1ccc(C(N)Cc2nc3ccccc3n2C)cn1. The molecule has 0 amide bonds. The highest BCUT2D eigenvalue weighted by molar-refractivity contribution is 5.75. The molecule has 2 heterocycles. The van der Waals surface area contributed by atoms with Crippen LogP contribution in [0.2, 0.25) is 0 Å². The van der Waals surface area contributed by atoms with E-state index in [1.807, 2.05) is 50.5 Å². The smallest absolute Gasteiger partial charge is 0.111 e. The van der Waals surface area contributed by atoms with Gasteiger partial charge in [0.25, 0.3) is 0 Å². The number of nitrogens with zero attached hydrogens (tertiary/aromatic N) is 3. The highest BCUT2D eigenvalue weighted by atomic mass is 15.1. The molecule has 0 fully saturated rings. The van der Waals surface area contributed by atoms with E-state index in [9.17, 15) is 0 Å². The molecular weight excluding hydrogens is 248 g/mol. The van der Waals surface area contributed by atoms with Gasteiger partial charge in [0.05, 0.1) is 11.0 Å². The Morgan fingerprint density at radius 3 is 2.70 bits per heavy atom. The zero-order chi connectivity index (χ0) is 14.1. The zero-order valence-corrected chi connectivity index (χ0v) is 11.7. The normalized spacial score (nSPS) is 12.8. The molecule has 4 nitrogen and oxygen atoms in total. The van der Waals surface area contributed by atoms with Crippen molar-refractivity contribution in [2.24, 2.45) is 12.8 Å². The highest BCUT2D eigenvalue weighted by Gasteiger charge is 2.13. The number of nitrogens with two attached hydrogens (primary N) is 1. The quantitative estimate of drug-likeness (QED) is 0.792. The third kappa shape index (κ3) is 2.30. The summed E-state index contributed by atoms with van der Waals surface area (Å²) in [7, 11) is 2.03. The van der Waals surface area contributed by atoms with E-state index in [-0.39, 0.29) is 6.04 Å². The molecule has 0 spiro atoms. The fraction of sp³-hybridized carbons (Fsp3) is 0.250. The van der Waals surface area contributed by atoms with Crippen molar-refractivity contribution in [1.29, 1.82) is 0 Å². The summed E-state index contributed by atoms with van der Waals surface area (Å²) in [5.41, 5.74) is 10.5. The molecular formula is C16H18N4. The van der Waals surface area contributed by atoms with Gasteiger partial charge in [-0.2, -0.15) is 0 Å².